The number of aryl methyl sites for hydroxylation is 2. The van der Waals surface area contributed by atoms with Gasteiger partial charge in [0.15, 0.2) is 0 Å². The maximum absolute atomic E-state index is 12.9. The molecule has 2 rings (SSSR count). The van der Waals surface area contributed by atoms with Gasteiger partial charge in [0.25, 0.3) is 0 Å². The summed E-state index contributed by atoms with van der Waals surface area (Å²) in [7, 11) is 0. The maximum atomic E-state index is 12.9. The SMILES string of the molecule is FC(F)(F)Oc1cccc(CCc2ccccc2OCCCC(OC(F)(F)F)N(C(F)(F)F)C(F)(F)F)c1. The highest BCUT2D eigenvalue weighted by atomic mass is 19.4. The molecule has 0 heterocycles. The molecule has 0 fully saturated rings. The van der Waals surface area contributed by atoms with Gasteiger partial charge < -0.3 is 9.47 Å². The van der Waals surface area contributed by atoms with E-state index in [-0.39, 0.29) is 18.6 Å². The Labute approximate surface area is 207 Å². The molecule has 0 saturated heterocycles. The van der Waals surface area contributed by atoms with Crippen LogP contribution in [0.2, 0.25) is 0 Å². The molecule has 38 heavy (non-hydrogen) atoms. The third kappa shape index (κ3) is 10.8. The molecule has 0 N–H and O–H groups in total. The Balaban J connectivity index is 2.03. The van der Waals surface area contributed by atoms with Crippen LogP contribution in [0, 0.1) is 0 Å². The van der Waals surface area contributed by atoms with Crippen molar-refractivity contribution in [1.29, 1.82) is 0 Å². The standard InChI is InChI=1S/C22H19F12NO3/c23-19(24,25)35(20(26,27)28)18(38-22(32,33)34)9-4-12-36-17-8-2-1-6-15(17)11-10-14-5-3-7-16(13-14)37-21(29,30)31/h1-3,5-8,13,18H,4,9-12H2. The summed E-state index contributed by atoms with van der Waals surface area (Å²) in [4.78, 5) is -2.28. The first kappa shape index (κ1) is 31.3. The highest BCUT2D eigenvalue weighted by Crippen LogP contribution is 2.39. The van der Waals surface area contributed by atoms with Crippen molar-refractivity contribution in [1.82, 2.24) is 4.90 Å². The minimum atomic E-state index is -6.20. The van der Waals surface area contributed by atoms with E-state index in [0.717, 1.165) is 12.1 Å². The number of benzene rings is 2. The predicted molar refractivity (Wildman–Crippen MR) is 107 cm³/mol. The van der Waals surface area contributed by atoms with E-state index in [1.807, 2.05) is 0 Å². The Morgan fingerprint density at radius 2 is 1.34 bits per heavy atom. The van der Waals surface area contributed by atoms with Gasteiger partial charge in [0.2, 0.25) is 0 Å². The van der Waals surface area contributed by atoms with E-state index in [9.17, 15) is 52.7 Å². The van der Waals surface area contributed by atoms with Crippen LogP contribution in [0.3, 0.4) is 0 Å². The van der Waals surface area contributed by atoms with Gasteiger partial charge in [-0.2, -0.15) is 26.3 Å². The fraction of sp³-hybridized carbons (Fsp3) is 0.455. The fourth-order valence-electron chi connectivity index (χ4n) is 3.33. The van der Waals surface area contributed by atoms with Crippen LogP contribution < -0.4 is 9.47 Å². The van der Waals surface area contributed by atoms with Gasteiger partial charge in [-0.3, -0.25) is 4.74 Å². The molecule has 0 aromatic heterocycles. The molecule has 0 aliphatic heterocycles. The molecule has 0 aliphatic rings. The van der Waals surface area contributed by atoms with Gasteiger partial charge in [-0.05, 0) is 55.0 Å². The zero-order valence-electron chi connectivity index (χ0n) is 18.9. The summed E-state index contributed by atoms with van der Waals surface area (Å²) >= 11 is 0. The minimum absolute atomic E-state index is 0.131. The number of para-hydroxylation sites is 1. The monoisotopic (exact) mass is 573 g/mol. The molecule has 16 heteroatoms. The lowest BCUT2D eigenvalue weighted by Gasteiger charge is -2.34. The molecule has 0 amide bonds. The van der Waals surface area contributed by atoms with Gasteiger partial charge in [-0.15, -0.1) is 26.3 Å². The van der Waals surface area contributed by atoms with Gasteiger partial charge in [0, 0.05) is 0 Å². The molecule has 2 aromatic carbocycles. The average molecular weight is 573 g/mol. The van der Waals surface area contributed by atoms with Crippen LogP contribution in [0.1, 0.15) is 24.0 Å². The van der Waals surface area contributed by atoms with Crippen LogP contribution in [0.15, 0.2) is 48.5 Å². The van der Waals surface area contributed by atoms with Gasteiger partial charge in [-0.25, -0.2) is 0 Å². The van der Waals surface area contributed by atoms with Crippen LogP contribution in [0.25, 0.3) is 0 Å². The number of nitrogens with zero attached hydrogens (tertiary/aromatic N) is 1. The average Bonchev–Trinajstić information content (AvgIpc) is 2.72. The summed E-state index contributed by atoms with van der Waals surface area (Å²) in [5.41, 5.74) is 0.929. The molecule has 0 bridgehead atoms. The lowest BCUT2D eigenvalue weighted by atomic mass is 10.0. The zero-order valence-corrected chi connectivity index (χ0v) is 18.9. The first-order chi connectivity index (χ1) is 17.4. The quantitative estimate of drug-likeness (QED) is 0.119. The second-order valence-electron chi connectivity index (χ2n) is 7.62. The van der Waals surface area contributed by atoms with Crippen LogP contribution >= 0.6 is 0 Å². The molecular formula is C22H19F12NO3. The second-order valence-corrected chi connectivity index (χ2v) is 7.62. The van der Waals surface area contributed by atoms with Crippen LogP contribution in [0.4, 0.5) is 52.7 Å². The van der Waals surface area contributed by atoms with E-state index in [0.29, 0.717) is 11.1 Å². The predicted octanol–water partition coefficient (Wildman–Crippen LogP) is 7.73. The van der Waals surface area contributed by atoms with E-state index in [2.05, 4.69) is 9.47 Å². The zero-order chi connectivity index (χ0) is 28.8. The third-order valence-electron chi connectivity index (χ3n) is 4.74. The smallest absolute Gasteiger partial charge is 0.493 e. The van der Waals surface area contributed by atoms with Crippen molar-refractivity contribution in [3.05, 3.63) is 59.7 Å². The van der Waals surface area contributed by atoms with E-state index in [4.69, 9.17) is 4.74 Å². The van der Waals surface area contributed by atoms with Crippen molar-refractivity contribution in [2.75, 3.05) is 6.61 Å². The van der Waals surface area contributed by atoms with Gasteiger partial charge >= 0.3 is 25.3 Å². The summed E-state index contributed by atoms with van der Waals surface area (Å²) in [6.07, 6.45) is -28.2. The summed E-state index contributed by atoms with van der Waals surface area (Å²) in [5, 5.41) is 0. The first-order valence-electron chi connectivity index (χ1n) is 10.6. The van der Waals surface area contributed by atoms with E-state index in [1.54, 1.807) is 12.1 Å². The topological polar surface area (TPSA) is 30.9 Å². The molecule has 1 atom stereocenters. The summed E-state index contributed by atoms with van der Waals surface area (Å²) in [6, 6.07) is 11.1. The highest BCUT2D eigenvalue weighted by molar-refractivity contribution is 5.35. The highest BCUT2D eigenvalue weighted by Gasteiger charge is 2.59. The number of hydrogen-bond donors (Lipinski definition) is 0. The molecule has 2 aromatic rings. The molecule has 0 spiro atoms. The van der Waals surface area contributed by atoms with E-state index in [1.165, 1.54) is 24.3 Å². The molecule has 0 radical (unpaired) electrons. The van der Waals surface area contributed by atoms with Crippen molar-refractivity contribution in [2.45, 2.75) is 57.2 Å². The van der Waals surface area contributed by atoms with Gasteiger partial charge in [-0.1, -0.05) is 35.2 Å². The molecule has 4 nitrogen and oxygen atoms in total. The Bertz CT molecular complexity index is 1000. The summed E-state index contributed by atoms with van der Waals surface area (Å²) in [5.74, 6) is -0.311. The Kier molecular flexibility index (Phi) is 10.2. The number of halogens is 12. The van der Waals surface area contributed by atoms with E-state index < -0.39 is 61.7 Å². The second kappa shape index (κ2) is 12.3. The molecule has 0 saturated carbocycles. The first-order valence-corrected chi connectivity index (χ1v) is 10.6. The van der Waals surface area contributed by atoms with Crippen molar-refractivity contribution >= 4 is 0 Å². The summed E-state index contributed by atoms with van der Waals surface area (Å²) < 4.78 is 164. The lowest BCUT2D eigenvalue weighted by molar-refractivity contribution is -0.447. The lowest BCUT2D eigenvalue weighted by Crippen LogP contribution is -2.56. The number of alkyl halides is 12. The Hall–Kier alpha value is -2.88. The summed E-state index contributed by atoms with van der Waals surface area (Å²) in [6.45, 7) is -0.562. The van der Waals surface area contributed by atoms with E-state index >= 15 is 0 Å². The number of ether oxygens (including phenoxy) is 3. The van der Waals surface area contributed by atoms with Crippen LogP contribution in [-0.2, 0) is 17.6 Å². The van der Waals surface area contributed by atoms with Crippen LogP contribution in [-0.4, -0.2) is 43.1 Å². The van der Waals surface area contributed by atoms with Gasteiger partial charge in [0.05, 0.1) is 6.61 Å². The van der Waals surface area contributed by atoms with Crippen molar-refractivity contribution in [3.8, 4) is 11.5 Å². The van der Waals surface area contributed by atoms with Crippen molar-refractivity contribution in [3.63, 3.8) is 0 Å². The molecular weight excluding hydrogens is 554 g/mol. The maximum Gasteiger partial charge on any atom is 0.573 e. The minimum Gasteiger partial charge on any atom is -0.493 e. The largest absolute Gasteiger partial charge is 0.573 e. The molecule has 214 valence electrons. The third-order valence-corrected chi connectivity index (χ3v) is 4.74. The van der Waals surface area contributed by atoms with Crippen molar-refractivity contribution in [2.24, 2.45) is 0 Å². The van der Waals surface area contributed by atoms with Crippen LogP contribution in [0.5, 0.6) is 11.5 Å². The van der Waals surface area contributed by atoms with Crippen molar-refractivity contribution < 1.29 is 66.9 Å². The fourth-order valence-corrected chi connectivity index (χ4v) is 3.33. The number of hydrogen-bond acceptors (Lipinski definition) is 4. The normalized spacial score (nSPS) is 14.0. The number of rotatable bonds is 11. The Morgan fingerprint density at radius 3 is 1.92 bits per heavy atom. The molecule has 1 unspecified atom stereocenters. The Morgan fingerprint density at radius 1 is 0.711 bits per heavy atom. The molecule has 0 aliphatic carbocycles. The van der Waals surface area contributed by atoms with Gasteiger partial charge in [0.1, 0.15) is 17.7 Å².